The molecule has 22 heavy (non-hydrogen) atoms. The van der Waals surface area contributed by atoms with Crippen molar-refractivity contribution >= 4 is 29.3 Å². The number of amides is 2. The van der Waals surface area contributed by atoms with Crippen molar-refractivity contribution in [3.8, 4) is 0 Å². The van der Waals surface area contributed by atoms with Gasteiger partial charge in [0.15, 0.2) is 0 Å². The third-order valence-electron chi connectivity index (χ3n) is 3.48. The van der Waals surface area contributed by atoms with Crippen LogP contribution in [-0.4, -0.2) is 29.4 Å². The molecule has 0 bridgehead atoms. The van der Waals surface area contributed by atoms with E-state index in [0.29, 0.717) is 5.75 Å². The van der Waals surface area contributed by atoms with Gasteiger partial charge in [0.2, 0.25) is 11.8 Å². The normalized spacial score (nSPS) is 12.6. The predicted molar refractivity (Wildman–Crippen MR) is 94.2 cm³/mol. The molecular weight excluding hydrogens is 296 g/mol. The van der Waals surface area contributed by atoms with Crippen molar-refractivity contribution in [2.75, 3.05) is 16.8 Å². The van der Waals surface area contributed by atoms with E-state index in [0.717, 1.165) is 11.3 Å². The zero-order chi connectivity index (χ0) is 16.8. The van der Waals surface area contributed by atoms with E-state index >= 15 is 0 Å². The highest BCUT2D eigenvalue weighted by molar-refractivity contribution is 8.00. The van der Waals surface area contributed by atoms with Gasteiger partial charge in [-0.25, -0.2) is 0 Å². The average Bonchev–Trinajstić information content (AvgIpc) is 2.40. The summed E-state index contributed by atoms with van der Waals surface area (Å²) in [6, 6.07) is 7.74. The Morgan fingerprint density at radius 3 is 2.18 bits per heavy atom. The summed E-state index contributed by atoms with van der Waals surface area (Å²) >= 11 is 1.32. The molecule has 1 aromatic rings. The zero-order valence-electron chi connectivity index (χ0n) is 14.0. The second-order valence-corrected chi connectivity index (χ2v) is 7.55. The number of rotatable bonds is 6. The maximum atomic E-state index is 11.8. The number of aryl methyl sites for hydroxylation is 1. The van der Waals surface area contributed by atoms with Gasteiger partial charge < -0.3 is 10.6 Å². The first-order valence-electron chi connectivity index (χ1n) is 7.42. The molecular formula is C17H26N2O2S. The summed E-state index contributed by atoms with van der Waals surface area (Å²) in [6.45, 7) is 10.2. The molecule has 0 saturated carbocycles. The number of nitrogens with one attached hydrogen (secondary N) is 2. The van der Waals surface area contributed by atoms with Crippen molar-refractivity contribution in [3.05, 3.63) is 29.8 Å². The van der Waals surface area contributed by atoms with Crippen molar-refractivity contribution in [1.29, 1.82) is 0 Å². The van der Waals surface area contributed by atoms with E-state index in [-0.39, 0.29) is 29.0 Å². The Bertz CT molecular complexity index is 506. The molecule has 122 valence electrons. The van der Waals surface area contributed by atoms with Crippen LogP contribution in [0.1, 0.15) is 33.3 Å². The van der Waals surface area contributed by atoms with E-state index in [2.05, 4.69) is 31.4 Å². The highest BCUT2D eigenvalue weighted by Crippen LogP contribution is 2.18. The molecule has 1 aromatic carbocycles. The van der Waals surface area contributed by atoms with Crippen LogP contribution in [0.4, 0.5) is 5.69 Å². The first kappa shape index (κ1) is 18.6. The lowest BCUT2D eigenvalue weighted by Crippen LogP contribution is -2.42. The second-order valence-electron chi connectivity index (χ2n) is 6.56. The molecule has 4 nitrogen and oxygen atoms in total. The molecule has 0 fully saturated rings. The number of hydrogen-bond acceptors (Lipinski definition) is 3. The van der Waals surface area contributed by atoms with Crippen LogP contribution in [-0.2, 0) is 9.59 Å². The van der Waals surface area contributed by atoms with Crippen molar-refractivity contribution in [1.82, 2.24) is 5.32 Å². The highest BCUT2D eigenvalue weighted by Gasteiger charge is 2.21. The molecule has 0 aromatic heterocycles. The number of anilines is 1. The molecule has 0 unspecified atom stereocenters. The van der Waals surface area contributed by atoms with Crippen molar-refractivity contribution in [2.24, 2.45) is 5.41 Å². The number of carbonyl (C=O) groups excluding carboxylic acids is 2. The smallest absolute Gasteiger partial charge is 0.234 e. The SMILES string of the molecule is Cc1ccc(NC(=O)CSCC(=O)N[C@H](C)C(C)(C)C)cc1. The molecule has 0 spiro atoms. The third kappa shape index (κ3) is 6.98. The molecule has 0 aliphatic carbocycles. The summed E-state index contributed by atoms with van der Waals surface area (Å²) in [5.74, 6) is 0.438. The second kappa shape index (κ2) is 8.22. The predicted octanol–water partition coefficient (Wildman–Crippen LogP) is 3.22. The molecule has 0 heterocycles. The quantitative estimate of drug-likeness (QED) is 0.845. The van der Waals surface area contributed by atoms with E-state index < -0.39 is 0 Å². The third-order valence-corrected chi connectivity index (χ3v) is 4.41. The minimum Gasteiger partial charge on any atom is -0.352 e. The lowest BCUT2D eigenvalue weighted by Gasteiger charge is -2.28. The van der Waals surface area contributed by atoms with Gasteiger partial charge in [0.25, 0.3) is 0 Å². The molecule has 2 amide bonds. The lowest BCUT2D eigenvalue weighted by molar-refractivity contribution is -0.119. The molecule has 1 atom stereocenters. The largest absolute Gasteiger partial charge is 0.352 e. The van der Waals surface area contributed by atoms with Crippen molar-refractivity contribution in [2.45, 2.75) is 40.7 Å². The Balaban J connectivity index is 2.27. The Hall–Kier alpha value is -1.49. The fourth-order valence-electron chi connectivity index (χ4n) is 1.57. The fraction of sp³-hybridized carbons (Fsp3) is 0.529. The molecule has 5 heteroatoms. The number of thioether (sulfide) groups is 1. The summed E-state index contributed by atoms with van der Waals surface area (Å²) in [4.78, 5) is 23.6. The molecule has 0 aliphatic heterocycles. The number of hydrogen-bond donors (Lipinski definition) is 2. The summed E-state index contributed by atoms with van der Waals surface area (Å²) in [6.07, 6.45) is 0. The first-order valence-corrected chi connectivity index (χ1v) is 8.57. The Kier molecular flexibility index (Phi) is 6.94. The summed E-state index contributed by atoms with van der Waals surface area (Å²) < 4.78 is 0. The maximum absolute atomic E-state index is 11.8. The van der Waals surface area contributed by atoms with Gasteiger partial charge in [-0.3, -0.25) is 9.59 Å². The molecule has 1 rings (SSSR count). The van der Waals surface area contributed by atoms with Gasteiger partial charge in [-0.1, -0.05) is 38.5 Å². The van der Waals surface area contributed by atoms with Gasteiger partial charge in [-0.15, -0.1) is 11.8 Å². The molecule has 0 radical (unpaired) electrons. The lowest BCUT2D eigenvalue weighted by atomic mass is 9.88. The van der Waals surface area contributed by atoms with Crippen LogP contribution in [0.25, 0.3) is 0 Å². The van der Waals surface area contributed by atoms with Crippen molar-refractivity contribution < 1.29 is 9.59 Å². The van der Waals surface area contributed by atoms with Crippen LogP contribution < -0.4 is 10.6 Å². The van der Waals surface area contributed by atoms with Gasteiger partial charge in [0.1, 0.15) is 0 Å². The molecule has 0 saturated heterocycles. The van der Waals surface area contributed by atoms with Gasteiger partial charge >= 0.3 is 0 Å². The van der Waals surface area contributed by atoms with E-state index in [1.807, 2.05) is 38.1 Å². The van der Waals surface area contributed by atoms with Crippen LogP contribution in [0, 0.1) is 12.3 Å². The zero-order valence-corrected chi connectivity index (χ0v) is 14.8. The minimum atomic E-state index is -0.0921. The number of carbonyl (C=O) groups is 2. The number of benzene rings is 1. The highest BCUT2D eigenvalue weighted by atomic mass is 32.2. The van der Waals surface area contributed by atoms with Gasteiger partial charge in [-0.2, -0.15) is 0 Å². The topological polar surface area (TPSA) is 58.2 Å². The molecule has 2 N–H and O–H groups in total. The minimum absolute atomic E-state index is 0.0309. The van der Waals surface area contributed by atoms with Crippen molar-refractivity contribution in [3.63, 3.8) is 0 Å². The Labute approximate surface area is 137 Å². The van der Waals surface area contributed by atoms with Gasteiger partial charge in [0, 0.05) is 11.7 Å². The van der Waals surface area contributed by atoms with Crippen LogP contribution in [0.3, 0.4) is 0 Å². The Morgan fingerprint density at radius 1 is 1.09 bits per heavy atom. The molecule has 0 aliphatic rings. The average molecular weight is 322 g/mol. The van der Waals surface area contributed by atoms with Gasteiger partial charge in [-0.05, 0) is 31.4 Å². The van der Waals surface area contributed by atoms with Crippen LogP contribution in [0.5, 0.6) is 0 Å². The summed E-state index contributed by atoms with van der Waals surface area (Å²) in [5, 5.41) is 5.77. The van der Waals surface area contributed by atoms with Gasteiger partial charge in [0.05, 0.1) is 11.5 Å². The monoisotopic (exact) mass is 322 g/mol. The summed E-state index contributed by atoms with van der Waals surface area (Å²) in [5.41, 5.74) is 1.96. The van der Waals surface area contributed by atoms with E-state index in [4.69, 9.17) is 0 Å². The van der Waals surface area contributed by atoms with E-state index in [1.165, 1.54) is 11.8 Å². The van der Waals surface area contributed by atoms with E-state index in [9.17, 15) is 9.59 Å². The van der Waals surface area contributed by atoms with E-state index in [1.54, 1.807) is 0 Å². The van der Waals surface area contributed by atoms with Crippen LogP contribution >= 0.6 is 11.8 Å². The summed E-state index contributed by atoms with van der Waals surface area (Å²) in [7, 11) is 0. The fourth-order valence-corrected chi connectivity index (χ4v) is 2.20. The maximum Gasteiger partial charge on any atom is 0.234 e. The van der Waals surface area contributed by atoms with Crippen LogP contribution in [0.15, 0.2) is 24.3 Å². The first-order chi connectivity index (χ1) is 10.2. The van der Waals surface area contributed by atoms with Crippen LogP contribution in [0.2, 0.25) is 0 Å². The standard InChI is InChI=1S/C17H26N2O2S/c1-12-6-8-14(9-7-12)19-16(21)11-22-10-15(20)18-13(2)17(3,4)5/h6-9,13H,10-11H2,1-5H3,(H,18,20)(H,19,21)/t13-/m1/s1. The Morgan fingerprint density at radius 2 is 1.64 bits per heavy atom.